The van der Waals surface area contributed by atoms with Crippen LogP contribution in [0.15, 0.2) is 84.9 Å². The molecule has 0 aliphatic rings. The van der Waals surface area contributed by atoms with Gasteiger partial charge in [0.15, 0.2) is 0 Å². The molecule has 4 nitrogen and oxygen atoms in total. The van der Waals surface area contributed by atoms with Crippen molar-refractivity contribution in [2.75, 3.05) is 7.11 Å². The Morgan fingerprint density at radius 2 is 1.67 bits per heavy atom. The highest BCUT2D eigenvalue weighted by molar-refractivity contribution is 6.17. The maximum absolute atomic E-state index is 12.2. The number of hydrogen-bond donors (Lipinski definition) is 1. The number of methoxy groups -OCH3 is 1. The summed E-state index contributed by atoms with van der Waals surface area (Å²) in [6.07, 6.45) is 0.863. The van der Waals surface area contributed by atoms with Crippen molar-refractivity contribution in [2.45, 2.75) is 19.6 Å². The van der Waals surface area contributed by atoms with E-state index in [0.717, 1.165) is 33.8 Å². The van der Waals surface area contributed by atoms with Crippen molar-refractivity contribution in [1.29, 1.82) is 0 Å². The fourth-order valence-electron chi connectivity index (χ4n) is 4.59. The van der Waals surface area contributed by atoms with Gasteiger partial charge in [-0.2, -0.15) is 0 Å². The first-order valence-corrected chi connectivity index (χ1v) is 11.0. The van der Waals surface area contributed by atoms with Crippen LogP contribution in [0.1, 0.15) is 32.6 Å². The molecule has 1 heterocycles. The first kappa shape index (κ1) is 21.0. The van der Waals surface area contributed by atoms with Gasteiger partial charge in [0.1, 0.15) is 0 Å². The van der Waals surface area contributed by atoms with Crippen LogP contribution in [0.4, 0.5) is 0 Å². The minimum atomic E-state index is -0.432. The van der Waals surface area contributed by atoms with Gasteiger partial charge < -0.3 is 15.0 Å². The number of amides is 1. The Labute approximate surface area is 193 Å². The molecule has 5 rings (SSSR count). The number of carbonyl (C=O) groups is 1. The van der Waals surface area contributed by atoms with E-state index in [4.69, 9.17) is 10.5 Å². The SMILES string of the molecule is COCc1c[c]c2c3c(C(N)=O)cccc3n(Cc3ccccc3Cc3ccccc3)c2c1. The Morgan fingerprint density at radius 1 is 0.909 bits per heavy atom. The lowest BCUT2D eigenvalue weighted by atomic mass is 9.99. The van der Waals surface area contributed by atoms with Gasteiger partial charge in [0.2, 0.25) is 5.91 Å². The Morgan fingerprint density at radius 3 is 2.42 bits per heavy atom. The van der Waals surface area contributed by atoms with Gasteiger partial charge in [-0.25, -0.2) is 0 Å². The third-order valence-corrected chi connectivity index (χ3v) is 6.11. The number of ether oxygens (including phenoxy) is 1. The van der Waals surface area contributed by atoms with E-state index in [-0.39, 0.29) is 0 Å². The third kappa shape index (κ3) is 4.01. The van der Waals surface area contributed by atoms with Crippen LogP contribution in [0, 0.1) is 6.07 Å². The van der Waals surface area contributed by atoms with Crippen molar-refractivity contribution in [3.8, 4) is 0 Å². The second-order valence-corrected chi connectivity index (χ2v) is 8.28. The highest BCUT2D eigenvalue weighted by Gasteiger charge is 2.18. The van der Waals surface area contributed by atoms with E-state index < -0.39 is 5.91 Å². The quantitative estimate of drug-likeness (QED) is 0.370. The van der Waals surface area contributed by atoms with E-state index in [0.29, 0.717) is 18.7 Å². The number of nitrogens with zero attached hydrogens (tertiary/aromatic N) is 1. The first-order valence-electron chi connectivity index (χ1n) is 11.0. The summed E-state index contributed by atoms with van der Waals surface area (Å²) in [5.74, 6) is -0.432. The summed E-state index contributed by atoms with van der Waals surface area (Å²) >= 11 is 0. The third-order valence-electron chi connectivity index (χ3n) is 6.11. The number of fused-ring (bicyclic) bond motifs is 3. The smallest absolute Gasteiger partial charge is 0.249 e. The van der Waals surface area contributed by atoms with Crippen molar-refractivity contribution in [2.24, 2.45) is 5.73 Å². The molecule has 5 aromatic rings. The predicted molar refractivity (Wildman–Crippen MR) is 132 cm³/mol. The number of aromatic nitrogens is 1. The van der Waals surface area contributed by atoms with Crippen LogP contribution >= 0.6 is 0 Å². The Hall–Kier alpha value is -3.89. The van der Waals surface area contributed by atoms with E-state index in [2.05, 4.69) is 65.2 Å². The summed E-state index contributed by atoms with van der Waals surface area (Å²) in [7, 11) is 1.69. The topological polar surface area (TPSA) is 57.2 Å². The predicted octanol–water partition coefficient (Wildman–Crippen LogP) is 5.48. The van der Waals surface area contributed by atoms with E-state index >= 15 is 0 Å². The molecule has 163 valence electrons. The standard InChI is InChI=1S/C29H25N2O2/c1-33-19-21-14-15-24-27(17-21)31(26-13-7-12-25(28(24)26)29(30)32)18-23-11-6-5-10-22(23)16-20-8-3-2-4-9-20/h2-14,17H,16,18-19H2,1H3,(H2,30,32). The molecule has 4 heteroatoms. The lowest BCUT2D eigenvalue weighted by Crippen LogP contribution is -2.11. The molecule has 4 aromatic carbocycles. The van der Waals surface area contributed by atoms with Crippen LogP contribution < -0.4 is 5.73 Å². The van der Waals surface area contributed by atoms with E-state index in [1.54, 1.807) is 13.2 Å². The van der Waals surface area contributed by atoms with Crippen LogP contribution in [-0.4, -0.2) is 17.6 Å². The molecule has 33 heavy (non-hydrogen) atoms. The van der Waals surface area contributed by atoms with Gasteiger partial charge in [0.05, 0.1) is 17.6 Å². The van der Waals surface area contributed by atoms with Gasteiger partial charge in [-0.15, -0.1) is 0 Å². The zero-order valence-electron chi connectivity index (χ0n) is 18.5. The average molecular weight is 434 g/mol. The summed E-state index contributed by atoms with van der Waals surface area (Å²) in [5.41, 5.74) is 13.1. The van der Waals surface area contributed by atoms with Crippen molar-refractivity contribution in [3.05, 3.63) is 119 Å². The van der Waals surface area contributed by atoms with E-state index in [1.807, 2.05) is 24.3 Å². The first-order chi connectivity index (χ1) is 16.2. The molecule has 1 radical (unpaired) electrons. The molecule has 0 spiro atoms. The normalized spacial score (nSPS) is 11.3. The Balaban J connectivity index is 1.69. The molecule has 0 saturated heterocycles. The summed E-state index contributed by atoms with van der Waals surface area (Å²) in [4.78, 5) is 12.2. The lowest BCUT2D eigenvalue weighted by Gasteiger charge is -2.13. The molecule has 0 aliphatic carbocycles. The highest BCUT2D eigenvalue weighted by Crippen LogP contribution is 2.33. The number of primary amides is 1. The molecule has 0 atom stereocenters. The van der Waals surface area contributed by atoms with E-state index in [1.165, 1.54) is 16.7 Å². The van der Waals surface area contributed by atoms with Crippen molar-refractivity contribution in [1.82, 2.24) is 4.57 Å². The van der Waals surface area contributed by atoms with Crippen LogP contribution in [0.25, 0.3) is 21.8 Å². The van der Waals surface area contributed by atoms with Gasteiger partial charge in [-0.05, 0) is 59.0 Å². The fourth-order valence-corrected chi connectivity index (χ4v) is 4.59. The summed E-state index contributed by atoms with van der Waals surface area (Å²) in [6, 6.07) is 32.2. The molecular weight excluding hydrogens is 408 g/mol. The fraction of sp³-hybridized carbons (Fsp3) is 0.138. The van der Waals surface area contributed by atoms with Gasteiger partial charge in [0.25, 0.3) is 0 Å². The summed E-state index contributed by atoms with van der Waals surface area (Å²) in [5, 5.41) is 1.75. The zero-order chi connectivity index (χ0) is 22.8. The van der Waals surface area contributed by atoms with Crippen molar-refractivity contribution >= 4 is 27.7 Å². The number of carbonyl (C=O) groups excluding carboxylic acids is 1. The molecule has 0 bridgehead atoms. The summed E-state index contributed by atoms with van der Waals surface area (Å²) in [6.45, 7) is 1.18. The van der Waals surface area contributed by atoms with Crippen LogP contribution in [-0.2, 0) is 24.3 Å². The monoisotopic (exact) mass is 433 g/mol. The van der Waals surface area contributed by atoms with E-state index in [9.17, 15) is 4.79 Å². The molecule has 0 aliphatic heterocycles. The van der Waals surface area contributed by atoms with Crippen molar-refractivity contribution in [3.63, 3.8) is 0 Å². The second kappa shape index (κ2) is 8.93. The maximum atomic E-state index is 12.2. The average Bonchev–Trinajstić information content (AvgIpc) is 3.14. The van der Waals surface area contributed by atoms with Gasteiger partial charge >= 0.3 is 0 Å². The minimum Gasteiger partial charge on any atom is -0.380 e. The zero-order valence-corrected chi connectivity index (χ0v) is 18.5. The second-order valence-electron chi connectivity index (χ2n) is 8.28. The van der Waals surface area contributed by atoms with Crippen molar-refractivity contribution < 1.29 is 9.53 Å². The molecule has 0 saturated carbocycles. The molecular formula is C29H25N2O2. The van der Waals surface area contributed by atoms with Gasteiger partial charge in [-0.3, -0.25) is 4.79 Å². The molecule has 0 fully saturated rings. The largest absolute Gasteiger partial charge is 0.380 e. The number of benzene rings is 4. The Bertz CT molecular complexity index is 1450. The van der Waals surface area contributed by atoms with Crippen LogP contribution in [0.3, 0.4) is 0 Å². The molecule has 0 unspecified atom stereocenters. The molecule has 1 amide bonds. The van der Waals surface area contributed by atoms with Gasteiger partial charge in [0, 0.05) is 30.0 Å². The summed E-state index contributed by atoms with van der Waals surface area (Å²) < 4.78 is 7.61. The highest BCUT2D eigenvalue weighted by atomic mass is 16.5. The number of hydrogen-bond acceptors (Lipinski definition) is 2. The van der Waals surface area contributed by atoms with Gasteiger partial charge in [-0.1, -0.05) is 60.7 Å². The number of nitrogens with two attached hydrogens (primary N) is 1. The molecule has 2 N–H and O–H groups in total. The maximum Gasteiger partial charge on any atom is 0.249 e. The van der Waals surface area contributed by atoms with Crippen LogP contribution in [0.2, 0.25) is 0 Å². The lowest BCUT2D eigenvalue weighted by molar-refractivity contribution is 0.100. The minimum absolute atomic E-state index is 0.432. The van der Waals surface area contributed by atoms with Crippen LogP contribution in [0.5, 0.6) is 0 Å². The molecule has 1 aromatic heterocycles. The number of rotatable bonds is 7. The Kier molecular flexibility index (Phi) is 5.68.